The summed E-state index contributed by atoms with van der Waals surface area (Å²) in [6.45, 7) is 2.03. The van der Waals surface area contributed by atoms with Crippen molar-refractivity contribution < 1.29 is 24.2 Å². The van der Waals surface area contributed by atoms with Gasteiger partial charge in [0.05, 0.1) is 26.0 Å². The molecular weight excluding hydrogens is 356 g/mol. The number of carbonyl (C=O) groups is 2. The molecule has 26 heavy (non-hydrogen) atoms. The average Bonchev–Trinajstić information content (AvgIpc) is 3.11. The number of carbonyl (C=O) groups excluding carboxylic acids is 2. The molecular formula is C18H22N2O5S. The minimum atomic E-state index is -0.774. The first-order valence-corrected chi connectivity index (χ1v) is 8.84. The SMILES string of the molecule is COc1ccc(NC(=O)C(=O)NCCc2ccc(C(C)O)s2)c(OC)c1. The van der Waals surface area contributed by atoms with Gasteiger partial charge in [0, 0.05) is 22.4 Å². The molecule has 1 unspecified atom stereocenters. The van der Waals surface area contributed by atoms with Gasteiger partial charge in [-0.15, -0.1) is 11.3 Å². The fourth-order valence-electron chi connectivity index (χ4n) is 2.21. The van der Waals surface area contributed by atoms with Gasteiger partial charge in [0.15, 0.2) is 0 Å². The van der Waals surface area contributed by atoms with Gasteiger partial charge in [0.25, 0.3) is 0 Å². The molecule has 2 rings (SSSR count). The Bertz CT molecular complexity index is 773. The summed E-state index contributed by atoms with van der Waals surface area (Å²) in [5.41, 5.74) is 0.383. The van der Waals surface area contributed by atoms with Crippen LogP contribution in [0.25, 0.3) is 0 Å². The van der Waals surface area contributed by atoms with Crippen molar-refractivity contribution in [1.29, 1.82) is 0 Å². The molecule has 1 heterocycles. The van der Waals surface area contributed by atoms with Crippen LogP contribution in [-0.2, 0) is 16.0 Å². The highest BCUT2D eigenvalue weighted by Gasteiger charge is 2.16. The van der Waals surface area contributed by atoms with Gasteiger partial charge in [-0.05, 0) is 37.6 Å². The second kappa shape index (κ2) is 9.21. The third-order valence-corrected chi connectivity index (χ3v) is 4.93. The van der Waals surface area contributed by atoms with Gasteiger partial charge in [-0.1, -0.05) is 0 Å². The lowest BCUT2D eigenvalue weighted by atomic mass is 10.2. The number of aliphatic hydroxyl groups is 1. The molecule has 1 atom stereocenters. The number of anilines is 1. The Morgan fingerprint density at radius 3 is 2.54 bits per heavy atom. The molecule has 140 valence electrons. The Hall–Kier alpha value is -2.58. The first-order valence-electron chi connectivity index (χ1n) is 8.02. The number of amides is 2. The van der Waals surface area contributed by atoms with E-state index in [4.69, 9.17) is 9.47 Å². The molecule has 1 aromatic heterocycles. The second-order valence-electron chi connectivity index (χ2n) is 5.51. The number of methoxy groups -OCH3 is 2. The summed E-state index contributed by atoms with van der Waals surface area (Å²) in [7, 11) is 2.99. The highest BCUT2D eigenvalue weighted by molar-refractivity contribution is 7.12. The molecule has 7 nitrogen and oxygen atoms in total. The average molecular weight is 378 g/mol. The molecule has 0 aliphatic carbocycles. The topological polar surface area (TPSA) is 96.9 Å². The first-order chi connectivity index (χ1) is 12.4. The zero-order valence-electron chi connectivity index (χ0n) is 14.9. The molecule has 3 N–H and O–H groups in total. The summed E-state index contributed by atoms with van der Waals surface area (Å²) in [6.07, 6.45) is 0.0796. The van der Waals surface area contributed by atoms with Crippen LogP contribution in [-0.4, -0.2) is 37.7 Å². The van der Waals surface area contributed by atoms with Crippen LogP contribution in [0.15, 0.2) is 30.3 Å². The molecule has 8 heteroatoms. The fourth-order valence-corrected chi connectivity index (χ4v) is 3.16. The molecule has 0 spiro atoms. The fraction of sp³-hybridized carbons (Fsp3) is 0.333. The molecule has 0 fully saturated rings. The number of thiophene rings is 1. The van der Waals surface area contributed by atoms with E-state index in [1.807, 2.05) is 12.1 Å². The first kappa shape index (κ1) is 19.7. The molecule has 1 aromatic carbocycles. The lowest BCUT2D eigenvalue weighted by molar-refractivity contribution is -0.136. The van der Waals surface area contributed by atoms with Crippen LogP contribution in [0.4, 0.5) is 5.69 Å². The summed E-state index contributed by atoms with van der Waals surface area (Å²) in [4.78, 5) is 25.9. The van der Waals surface area contributed by atoms with E-state index in [1.165, 1.54) is 25.6 Å². The summed E-state index contributed by atoms with van der Waals surface area (Å²) < 4.78 is 10.3. The molecule has 0 radical (unpaired) electrons. The maximum Gasteiger partial charge on any atom is 0.313 e. The van der Waals surface area contributed by atoms with E-state index in [2.05, 4.69) is 10.6 Å². The van der Waals surface area contributed by atoms with E-state index in [9.17, 15) is 14.7 Å². The van der Waals surface area contributed by atoms with E-state index >= 15 is 0 Å². The third kappa shape index (κ3) is 5.21. The number of rotatable bonds is 7. The van der Waals surface area contributed by atoms with Crippen LogP contribution >= 0.6 is 11.3 Å². The maximum absolute atomic E-state index is 12.0. The van der Waals surface area contributed by atoms with Gasteiger partial charge in [-0.3, -0.25) is 9.59 Å². The van der Waals surface area contributed by atoms with Gasteiger partial charge in [0.1, 0.15) is 11.5 Å². The van der Waals surface area contributed by atoms with Crippen molar-refractivity contribution >= 4 is 28.8 Å². The number of ether oxygens (including phenoxy) is 2. The van der Waals surface area contributed by atoms with Crippen molar-refractivity contribution in [1.82, 2.24) is 5.32 Å². The minimum Gasteiger partial charge on any atom is -0.497 e. The van der Waals surface area contributed by atoms with Crippen molar-refractivity contribution in [2.24, 2.45) is 0 Å². The molecule has 0 saturated heterocycles. The lowest BCUT2D eigenvalue weighted by Crippen LogP contribution is -2.36. The monoisotopic (exact) mass is 378 g/mol. The maximum atomic E-state index is 12.0. The van der Waals surface area contributed by atoms with Gasteiger partial charge >= 0.3 is 11.8 Å². The van der Waals surface area contributed by atoms with Crippen molar-refractivity contribution in [3.05, 3.63) is 40.1 Å². The standard InChI is InChI=1S/C18H22N2O5S/c1-11(21)16-7-5-13(26-16)8-9-19-17(22)18(23)20-14-6-4-12(24-2)10-15(14)25-3/h4-7,10-11,21H,8-9H2,1-3H3,(H,19,22)(H,20,23). The zero-order chi connectivity index (χ0) is 19.1. The van der Waals surface area contributed by atoms with E-state index < -0.39 is 17.9 Å². The largest absolute Gasteiger partial charge is 0.497 e. The van der Waals surface area contributed by atoms with Gasteiger partial charge in [-0.25, -0.2) is 0 Å². The van der Waals surface area contributed by atoms with Crippen molar-refractivity contribution in [2.75, 3.05) is 26.1 Å². The van der Waals surface area contributed by atoms with Gasteiger partial charge in [0.2, 0.25) is 0 Å². The van der Waals surface area contributed by atoms with Crippen molar-refractivity contribution in [3.8, 4) is 11.5 Å². The van der Waals surface area contributed by atoms with Gasteiger partial charge in [-0.2, -0.15) is 0 Å². The molecule has 0 saturated carbocycles. The number of nitrogens with one attached hydrogen (secondary N) is 2. The number of benzene rings is 1. The summed E-state index contributed by atoms with van der Waals surface area (Å²) >= 11 is 1.48. The summed E-state index contributed by atoms with van der Waals surface area (Å²) in [5, 5.41) is 14.6. The Balaban J connectivity index is 1.86. The van der Waals surface area contributed by atoms with Crippen LogP contribution in [0.2, 0.25) is 0 Å². The molecule has 2 aromatic rings. The van der Waals surface area contributed by atoms with E-state index in [1.54, 1.807) is 25.1 Å². The molecule has 0 bridgehead atoms. The third-order valence-electron chi connectivity index (χ3n) is 3.61. The molecule has 0 aliphatic heterocycles. The van der Waals surface area contributed by atoms with Crippen LogP contribution < -0.4 is 20.1 Å². The Morgan fingerprint density at radius 2 is 1.92 bits per heavy atom. The Morgan fingerprint density at radius 1 is 1.15 bits per heavy atom. The van der Waals surface area contributed by atoms with Crippen molar-refractivity contribution in [3.63, 3.8) is 0 Å². The van der Waals surface area contributed by atoms with Gasteiger partial charge < -0.3 is 25.2 Å². The van der Waals surface area contributed by atoms with Crippen LogP contribution in [0, 0.1) is 0 Å². The quantitative estimate of drug-likeness (QED) is 0.641. The Kier molecular flexibility index (Phi) is 6.99. The summed E-state index contributed by atoms with van der Waals surface area (Å²) in [6, 6.07) is 8.64. The van der Waals surface area contributed by atoms with E-state index in [0.29, 0.717) is 30.2 Å². The number of hydrogen-bond donors (Lipinski definition) is 3. The molecule has 2 amide bonds. The second-order valence-corrected chi connectivity index (χ2v) is 6.71. The van der Waals surface area contributed by atoms with E-state index in [0.717, 1.165) is 9.75 Å². The normalized spacial score (nSPS) is 11.5. The number of aliphatic hydroxyl groups excluding tert-OH is 1. The van der Waals surface area contributed by atoms with Crippen LogP contribution in [0.1, 0.15) is 22.8 Å². The highest BCUT2D eigenvalue weighted by Crippen LogP contribution is 2.29. The summed E-state index contributed by atoms with van der Waals surface area (Å²) in [5.74, 6) is -0.522. The van der Waals surface area contributed by atoms with Crippen LogP contribution in [0.3, 0.4) is 0 Å². The van der Waals surface area contributed by atoms with Crippen molar-refractivity contribution in [2.45, 2.75) is 19.4 Å². The predicted molar refractivity (Wildman–Crippen MR) is 99.8 cm³/mol. The minimum absolute atomic E-state index is 0.325. The number of hydrogen-bond acceptors (Lipinski definition) is 6. The van der Waals surface area contributed by atoms with Crippen LogP contribution in [0.5, 0.6) is 11.5 Å². The van der Waals surface area contributed by atoms with E-state index in [-0.39, 0.29) is 0 Å². The predicted octanol–water partition coefficient (Wildman–Crippen LogP) is 2.12. The highest BCUT2D eigenvalue weighted by atomic mass is 32.1. The smallest absolute Gasteiger partial charge is 0.313 e. The lowest BCUT2D eigenvalue weighted by Gasteiger charge is -2.11. The zero-order valence-corrected chi connectivity index (χ0v) is 15.7. The Labute approximate surface area is 155 Å². The molecule has 0 aliphatic rings.